The molecule has 0 heterocycles. The summed E-state index contributed by atoms with van der Waals surface area (Å²) in [7, 11) is 5.83. The van der Waals surface area contributed by atoms with E-state index >= 15 is 0 Å². The first kappa shape index (κ1) is 28.6. The van der Waals surface area contributed by atoms with Crippen molar-refractivity contribution >= 4 is 11.9 Å². The molecule has 0 aliphatic carbocycles. The number of carbonyl (C=O) groups excluding carboxylic acids is 1. The fourth-order valence-corrected chi connectivity index (χ4v) is 2.76. The van der Waals surface area contributed by atoms with Crippen molar-refractivity contribution in [2.45, 2.75) is 64.4 Å². The van der Waals surface area contributed by atoms with Crippen molar-refractivity contribution in [3.05, 3.63) is 60.8 Å². The number of quaternary nitrogens is 1. The first-order chi connectivity index (χ1) is 14.7. The number of hydrogen-bond donors (Lipinski definition) is 1. The summed E-state index contributed by atoms with van der Waals surface area (Å²) in [5.74, 6) is -1.30. The zero-order valence-electron chi connectivity index (χ0n) is 19.8. The van der Waals surface area contributed by atoms with Crippen molar-refractivity contribution in [3.8, 4) is 0 Å². The van der Waals surface area contributed by atoms with Gasteiger partial charge in [0.05, 0.1) is 27.6 Å². The lowest BCUT2D eigenvalue weighted by molar-refractivity contribution is -0.873. The molecule has 174 valence electrons. The molecule has 0 aliphatic rings. The number of rotatable bonds is 17. The fraction of sp³-hybridized carbons (Fsp3) is 0.538. The number of allylic oxidation sites excluding steroid dienone is 10. The van der Waals surface area contributed by atoms with Gasteiger partial charge in [-0.1, -0.05) is 67.7 Å². The molecule has 0 rings (SSSR count). The van der Waals surface area contributed by atoms with E-state index in [1.54, 1.807) is 0 Å². The number of carboxylic acids is 1. The highest BCUT2D eigenvalue weighted by Gasteiger charge is 2.24. The van der Waals surface area contributed by atoms with Gasteiger partial charge < -0.3 is 14.3 Å². The standard InChI is InChI=1S/C26H41NO4/c1-5-6-7-8-9-10-11-12-13-14-15-16-17-18-19-20-21-26(30)31-24(22-25(28)29)23-27(2,3)4/h6-7,9-10,12-13,15-16,18-19,24H,5,8,11,14,17,20-23H2,1-4H3/p+1/b7-6+,10-9+,13-12+,16-15+,19-18+. The third kappa shape index (κ3) is 22.1. The molecule has 0 aromatic heterocycles. The summed E-state index contributed by atoms with van der Waals surface area (Å²) < 4.78 is 5.90. The molecular formula is C26H42NO4+. The van der Waals surface area contributed by atoms with Crippen molar-refractivity contribution in [1.29, 1.82) is 0 Å². The Kier molecular flexibility index (Phi) is 17.0. The van der Waals surface area contributed by atoms with Crippen LogP contribution in [-0.4, -0.2) is 55.3 Å². The molecule has 31 heavy (non-hydrogen) atoms. The molecule has 0 amide bonds. The minimum atomic E-state index is -0.955. The van der Waals surface area contributed by atoms with Crippen LogP contribution < -0.4 is 0 Å². The zero-order chi connectivity index (χ0) is 23.4. The number of carboxylic acid groups (broad SMARTS) is 1. The number of aliphatic carboxylic acids is 1. The first-order valence-corrected chi connectivity index (χ1v) is 11.2. The minimum absolute atomic E-state index is 0.164. The SMILES string of the molecule is CC/C=C/C/C=C/C/C=C/C/C=C/C/C=C/CCC(=O)OC(CC(=O)O)C[N+](C)(C)C. The predicted octanol–water partition coefficient (Wildman–Crippen LogP) is 5.61. The summed E-state index contributed by atoms with van der Waals surface area (Å²) in [6, 6.07) is 0. The first-order valence-electron chi connectivity index (χ1n) is 11.2. The molecule has 5 nitrogen and oxygen atoms in total. The van der Waals surface area contributed by atoms with Crippen LogP contribution in [0, 0.1) is 0 Å². The van der Waals surface area contributed by atoms with E-state index in [9.17, 15) is 9.59 Å². The topological polar surface area (TPSA) is 63.6 Å². The van der Waals surface area contributed by atoms with Gasteiger partial charge in [0.15, 0.2) is 6.10 Å². The van der Waals surface area contributed by atoms with Crippen LogP contribution in [0.4, 0.5) is 0 Å². The molecule has 0 aliphatic heterocycles. The lowest BCUT2D eigenvalue weighted by atomic mass is 10.2. The number of likely N-dealkylation sites (N-methyl/N-ethyl adjacent to an activating group) is 1. The second-order valence-corrected chi connectivity index (χ2v) is 8.43. The predicted molar refractivity (Wildman–Crippen MR) is 129 cm³/mol. The highest BCUT2D eigenvalue weighted by Crippen LogP contribution is 2.08. The molecule has 0 aromatic rings. The second kappa shape index (κ2) is 18.4. The molecule has 0 bridgehead atoms. The van der Waals surface area contributed by atoms with Crippen LogP contribution in [0.25, 0.3) is 0 Å². The maximum Gasteiger partial charge on any atom is 0.307 e. The van der Waals surface area contributed by atoms with Gasteiger partial charge >= 0.3 is 11.9 Å². The number of carbonyl (C=O) groups is 2. The van der Waals surface area contributed by atoms with E-state index in [4.69, 9.17) is 9.84 Å². The Balaban J connectivity index is 3.95. The Morgan fingerprint density at radius 2 is 1.26 bits per heavy atom. The molecule has 0 aromatic carbocycles. The van der Waals surface area contributed by atoms with E-state index in [-0.39, 0.29) is 18.8 Å². The molecule has 1 unspecified atom stereocenters. The summed E-state index contributed by atoms with van der Waals surface area (Å²) in [5, 5.41) is 8.99. The Morgan fingerprint density at radius 3 is 1.68 bits per heavy atom. The van der Waals surface area contributed by atoms with E-state index in [1.807, 2.05) is 33.3 Å². The minimum Gasteiger partial charge on any atom is -0.481 e. The van der Waals surface area contributed by atoms with Crippen LogP contribution in [0.5, 0.6) is 0 Å². The van der Waals surface area contributed by atoms with Gasteiger partial charge in [0.25, 0.3) is 0 Å². The summed E-state index contributed by atoms with van der Waals surface area (Å²) in [5.41, 5.74) is 0. The van der Waals surface area contributed by atoms with Crippen molar-refractivity contribution in [2.75, 3.05) is 27.7 Å². The van der Waals surface area contributed by atoms with E-state index in [1.165, 1.54) is 0 Å². The molecule has 0 spiro atoms. The largest absolute Gasteiger partial charge is 0.481 e. The lowest BCUT2D eigenvalue weighted by Gasteiger charge is -2.28. The van der Waals surface area contributed by atoms with Gasteiger partial charge in [0.1, 0.15) is 6.54 Å². The van der Waals surface area contributed by atoms with Crippen molar-refractivity contribution in [1.82, 2.24) is 0 Å². The number of ether oxygens (including phenoxy) is 1. The molecule has 0 radical (unpaired) electrons. The monoisotopic (exact) mass is 432 g/mol. The lowest BCUT2D eigenvalue weighted by Crippen LogP contribution is -2.43. The average Bonchev–Trinajstić information content (AvgIpc) is 2.65. The molecule has 0 saturated heterocycles. The van der Waals surface area contributed by atoms with E-state index in [0.717, 1.165) is 32.1 Å². The van der Waals surface area contributed by atoms with E-state index in [0.29, 0.717) is 17.4 Å². The van der Waals surface area contributed by atoms with Crippen molar-refractivity contribution < 1.29 is 23.9 Å². The summed E-state index contributed by atoms with van der Waals surface area (Å²) >= 11 is 0. The molecule has 0 saturated carbocycles. The van der Waals surface area contributed by atoms with Crippen LogP contribution >= 0.6 is 0 Å². The van der Waals surface area contributed by atoms with Crippen molar-refractivity contribution in [3.63, 3.8) is 0 Å². The molecule has 5 heteroatoms. The highest BCUT2D eigenvalue weighted by atomic mass is 16.5. The average molecular weight is 433 g/mol. The van der Waals surface area contributed by atoms with E-state index in [2.05, 4.69) is 55.5 Å². The highest BCUT2D eigenvalue weighted by molar-refractivity contribution is 5.71. The second-order valence-electron chi connectivity index (χ2n) is 8.43. The van der Waals surface area contributed by atoms with Crippen LogP contribution in [-0.2, 0) is 14.3 Å². The molecule has 1 N–H and O–H groups in total. The van der Waals surface area contributed by atoms with Crippen molar-refractivity contribution in [2.24, 2.45) is 0 Å². The van der Waals surface area contributed by atoms with E-state index < -0.39 is 12.1 Å². The van der Waals surface area contributed by atoms with Gasteiger partial charge in [0, 0.05) is 6.42 Å². The van der Waals surface area contributed by atoms with Crippen LogP contribution in [0.1, 0.15) is 58.3 Å². The number of nitrogens with zero attached hydrogens (tertiary/aromatic N) is 1. The van der Waals surface area contributed by atoms with Gasteiger partial charge in [-0.3, -0.25) is 9.59 Å². The molecule has 0 fully saturated rings. The number of esters is 1. The third-order valence-corrected chi connectivity index (χ3v) is 4.12. The quantitative estimate of drug-likeness (QED) is 0.184. The van der Waals surface area contributed by atoms with Crippen LogP contribution in [0.3, 0.4) is 0 Å². The van der Waals surface area contributed by atoms with Gasteiger partial charge in [0.2, 0.25) is 0 Å². The van der Waals surface area contributed by atoms with Gasteiger partial charge in [-0.05, 0) is 38.5 Å². The molecule has 1 atom stereocenters. The van der Waals surface area contributed by atoms with Crippen LogP contribution in [0.15, 0.2) is 60.8 Å². The fourth-order valence-electron chi connectivity index (χ4n) is 2.76. The third-order valence-electron chi connectivity index (χ3n) is 4.12. The van der Waals surface area contributed by atoms with Crippen LogP contribution in [0.2, 0.25) is 0 Å². The smallest absolute Gasteiger partial charge is 0.307 e. The van der Waals surface area contributed by atoms with Gasteiger partial charge in [-0.2, -0.15) is 0 Å². The number of hydrogen-bond acceptors (Lipinski definition) is 3. The maximum atomic E-state index is 12.0. The van der Waals surface area contributed by atoms with Gasteiger partial charge in [-0.15, -0.1) is 0 Å². The Bertz CT molecular complexity index is 636. The Hall–Kier alpha value is -2.40. The summed E-state index contributed by atoms with van der Waals surface area (Å²) in [6.07, 6.45) is 26.2. The maximum absolute atomic E-state index is 12.0. The van der Waals surface area contributed by atoms with Gasteiger partial charge in [-0.25, -0.2) is 0 Å². The Morgan fingerprint density at radius 1 is 0.806 bits per heavy atom. The normalized spacial score (nSPS) is 13.9. The summed E-state index contributed by atoms with van der Waals surface area (Å²) in [6.45, 7) is 2.61. The zero-order valence-corrected chi connectivity index (χ0v) is 19.8. The summed E-state index contributed by atoms with van der Waals surface area (Å²) in [4.78, 5) is 23.0. The Labute approximate surface area is 189 Å². The molecular weight excluding hydrogens is 390 g/mol.